The zero-order chi connectivity index (χ0) is 16.2. The SMILES string of the molecule is C=CC12CC[C@]3(C)CC(O)C[C@H]3[C@@H]1CCc1cc(OC)ccc12. The minimum Gasteiger partial charge on any atom is -0.497 e. The van der Waals surface area contributed by atoms with E-state index in [4.69, 9.17) is 4.74 Å². The molecule has 0 spiro atoms. The molecule has 1 aromatic carbocycles. The van der Waals surface area contributed by atoms with Gasteiger partial charge in [-0.2, -0.15) is 0 Å². The van der Waals surface area contributed by atoms with Gasteiger partial charge in [0, 0.05) is 5.41 Å². The summed E-state index contributed by atoms with van der Waals surface area (Å²) in [7, 11) is 1.74. The molecule has 0 radical (unpaired) electrons. The van der Waals surface area contributed by atoms with Crippen LogP contribution >= 0.6 is 0 Å². The summed E-state index contributed by atoms with van der Waals surface area (Å²) in [5.74, 6) is 2.20. The summed E-state index contributed by atoms with van der Waals surface area (Å²) in [5.41, 5.74) is 3.31. The number of allylic oxidation sites excluding steroid dienone is 1. The fraction of sp³-hybridized carbons (Fsp3) is 0.619. The van der Waals surface area contributed by atoms with Crippen molar-refractivity contribution in [3.05, 3.63) is 42.0 Å². The molecule has 0 saturated heterocycles. The highest BCUT2D eigenvalue weighted by atomic mass is 16.5. The summed E-state index contributed by atoms with van der Waals surface area (Å²) in [5, 5.41) is 10.3. The van der Waals surface area contributed by atoms with Crippen molar-refractivity contribution < 1.29 is 9.84 Å². The summed E-state index contributed by atoms with van der Waals surface area (Å²) in [6.07, 6.45) is 8.77. The summed E-state index contributed by atoms with van der Waals surface area (Å²) in [6.45, 7) is 6.67. The second kappa shape index (κ2) is 5.11. The Morgan fingerprint density at radius 2 is 2.13 bits per heavy atom. The summed E-state index contributed by atoms with van der Waals surface area (Å²) in [4.78, 5) is 0. The smallest absolute Gasteiger partial charge is 0.119 e. The van der Waals surface area contributed by atoms with Gasteiger partial charge in [0.05, 0.1) is 13.2 Å². The topological polar surface area (TPSA) is 29.5 Å². The molecule has 2 heteroatoms. The molecule has 2 nitrogen and oxygen atoms in total. The molecule has 124 valence electrons. The number of ether oxygens (including phenoxy) is 1. The van der Waals surface area contributed by atoms with E-state index in [1.807, 2.05) is 0 Å². The molecule has 23 heavy (non-hydrogen) atoms. The lowest BCUT2D eigenvalue weighted by Gasteiger charge is -2.55. The van der Waals surface area contributed by atoms with Crippen LogP contribution in [0.1, 0.15) is 50.2 Å². The maximum atomic E-state index is 10.3. The Labute approximate surface area is 139 Å². The van der Waals surface area contributed by atoms with Crippen molar-refractivity contribution in [3.63, 3.8) is 0 Å². The summed E-state index contributed by atoms with van der Waals surface area (Å²) < 4.78 is 5.42. The molecular weight excluding hydrogens is 284 g/mol. The second-order valence-corrected chi connectivity index (χ2v) is 8.27. The molecule has 2 unspecified atom stereocenters. The largest absolute Gasteiger partial charge is 0.497 e. The van der Waals surface area contributed by atoms with Crippen molar-refractivity contribution >= 4 is 0 Å². The fourth-order valence-electron chi connectivity index (χ4n) is 6.15. The van der Waals surface area contributed by atoms with Crippen LogP contribution < -0.4 is 4.74 Å². The van der Waals surface area contributed by atoms with Gasteiger partial charge in [-0.05, 0) is 79.0 Å². The minimum atomic E-state index is -0.108. The lowest BCUT2D eigenvalue weighted by atomic mass is 9.49. The Bertz CT molecular complexity index is 637. The normalized spacial score (nSPS) is 41.6. The van der Waals surface area contributed by atoms with E-state index >= 15 is 0 Å². The Morgan fingerprint density at radius 3 is 2.87 bits per heavy atom. The lowest BCUT2D eigenvalue weighted by Crippen LogP contribution is -2.49. The van der Waals surface area contributed by atoms with Crippen molar-refractivity contribution in [1.82, 2.24) is 0 Å². The number of rotatable bonds is 2. The zero-order valence-corrected chi connectivity index (χ0v) is 14.3. The Balaban J connectivity index is 1.80. The van der Waals surface area contributed by atoms with Crippen LogP contribution in [0.2, 0.25) is 0 Å². The van der Waals surface area contributed by atoms with Crippen LogP contribution in [0.4, 0.5) is 0 Å². The number of fused-ring (bicyclic) bond motifs is 5. The Morgan fingerprint density at radius 1 is 1.30 bits per heavy atom. The molecule has 0 bridgehead atoms. The van der Waals surface area contributed by atoms with Crippen molar-refractivity contribution in [1.29, 1.82) is 0 Å². The first kappa shape index (κ1) is 15.3. The maximum Gasteiger partial charge on any atom is 0.119 e. The molecular formula is C21H28O2. The van der Waals surface area contributed by atoms with Crippen LogP contribution in [0.25, 0.3) is 0 Å². The number of benzene rings is 1. The molecule has 5 atom stereocenters. The van der Waals surface area contributed by atoms with E-state index in [0.717, 1.165) is 25.0 Å². The molecule has 1 N–H and O–H groups in total. The third-order valence-electron chi connectivity index (χ3n) is 7.28. The van der Waals surface area contributed by atoms with Crippen molar-refractivity contribution in [2.24, 2.45) is 17.3 Å². The number of aliphatic hydroxyl groups is 1. The summed E-state index contributed by atoms with van der Waals surface area (Å²) in [6, 6.07) is 6.59. The maximum absolute atomic E-state index is 10.3. The number of hydrogen-bond donors (Lipinski definition) is 1. The quantitative estimate of drug-likeness (QED) is 0.827. The first-order chi connectivity index (χ1) is 11.0. The monoisotopic (exact) mass is 312 g/mol. The van der Waals surface area contributed by atoms with E-state index in [-0.39, 0.29) is 11.5 Å². The van der Waals surface area contributed by atoms with Crippen LogP contribution in [0, 0.1) is 17.3 Å². The third kappa shape index (κ3) is 2.04. The van der Waals surface area contributed by atoms with E-state index in [9.17, 15) is 5.11 Å². The van der Waals surface area contributed by atoms with Crippen LogP contribution in [0.15, 0.2) is 30.9 Å². The predicted octanol–water partition coefficient (Wildman–Crippen LogP) is 4.25. The molecule has 0 amide bonds. The van der Waals surface area contributed by atoms with Gasteiger partial charge in [-0.1, -0.05) is 19.1 Å². The first-order valence-corrected chi connectivity index (χ1v) is 9.01. The molecule has 3 aliphatic rings. The zero-order valence-electron chi connectivity index (χ0n) is 14.3. The van der Waals surface area contributed by atoms with E-state index in [1.54, 1.807) is 7.11 Å². The number of hydrogen-bond acceptors (Lipinski definition) is 2. The van der Waals surface area contributed by atoms with Crippen LogP contribution in [-0.2, 0) is 11.8 Å². The molecule has 0 aliphatic heterocycles. The van der Waals surface area contributed by atoms with Gasteiger partial charge in [-0.25, -0.2) is 0 Å². The molecule has 2 saturated carbocycles. The highest BCUT2D eigenvalue weighted by Crippen LogP contribution is 2.63. The average molecular weight is 312 g/mol. The molecule has 4 rings (SSSR count). The summed E-state index contributed by atoms with van der Waals surface area (Å²) >= 11 is 0. The number of methoxy groups -OCH3 is 1. The van der Waals surface area contributed by atoms with Crippen molar-refractivity contribution in [3.8, 4) is 5.75 Å². The highest BCUT2D eigenvalue weighted by molar-refractivity contribution is 5.46. The van der Waals surface area contributed by atoms with Crippen LogP contribution in [0.5, 0.6) is 5.75 Å². The van der Waals surface area contributed by atoms with Gasteiger partial charge in [0.2, 0.25) is 0 Å². The van der Waals surface area contributed by atoms with Crippen LogP contribution in [-0.4, -0.2) is 18.3 Å². The van der Waals surface area contributed by atoms with Gasteiger partial charge >= 0.3 is 0 Å². The fourth-order valence-corrected chi connectivity index (χ4v) is 6.15. The van der Waals surface area contributed by atoms with Crippen molar-refractivity contribution in [2.75, 3.05) is 7.11 Å². The minimum absolute atomic E-state index is 0.0914. The number of aryl methyl sites for hydroxylation is 1. The van der Waals surface area contributed by atoms with Crippen LogP contribution in [0.3, 0.4) is 0 Å². The van der Waals surface area contributed by atoms with E-state index in [1.165, 1.54) is 30.4 Å². The van der Waals surface area contributed by atoms with Gasteiger partial charge < -0.3 is 9.84 Å². The van der Waals surface area contributed by atoms with Gasteiger partial charge in [0.15, 0.2) is 0 Å². The first-order valence-electron chi connectivity index (χ1n) is 9.01. The van der Waals surface area contributed by atoms with Crippen molar-refractivity contribution in [2.45, 2.75) is 57.0 Å². The van der Waals surface area contributed by atoms with E-state index < -0.39 is 0 Å². The third-order valence-corrected chi connectivity index (χ3v) is 7.28. The van der Waals surface area contributed by atoms with Gasteiger partial charge in [-0.15, -0.1) is 6.58 Å². The average Bonchev–Trinajstić information content (AvgIpc) is 2.87. The van der Waals surface area contributed by atoms with Gasteiger partial charge in [-0.3, -0.25) is 0 Å². The van der Waals surface area contributed by atoms with E-state index in [2.05, 4.69) is 37.8 Å². The predicted molar refractivity (Wildman–Crippen MR) is 92.8 cm³/mol. The second-order valence-electron chi connectivity index (χ2n) is 8.27. The highest BCUT2D eigenvalue weighted by Gasteiger charge is 2.57. The lowest BCUT2D eigenvalue weighted by molar-refractivity contribution is 0.0277. The Hall–Kier alpha value is -1.28. The van der Waals surface area contributed by atoms with Gasteiger partial charge in [0.1, 0.15) is 5.75 Å². The van der Waals surface area contributed by atoms with E-state index in [0.29, 0.717) is 17.3 Å². The standard InChI is InChI=1S/C21H28O2/c1-4-21-10-9-20(2)13-15(22)12-19(20)18(21)7-5-14-11-16(23-3)6-8-17(14)21/h4,6,8,11,15,18-19,22H,1,5,7,9-10,12-13H2,2-3H3/t15?,18-,19-,20+,21?/m0/s1. The molecule has 1 aromatic rings. The molecule has 3 aliphatic carbocycles. The van der Waals surface area contributed by atoms with Gasteiger partial charge in [0.25, 0.3) is 0 Å². The number of aliphatic hydroxyl groups excluding tert-OH is 1. The molecule has 0 heterocycles. The molecule has 0 aromatic heterocycles. The molecule has 2 fully saturated rings. The Kier molecular flexibility index (Phi) is 3.39.